The minimum Gasteiger partial charge on any atom is -0.505 e. The summed E-state index contributed by atoms with van der Waals surface area (Å²) in [6.45, 7) is 6.47. The number of piperazine rings is 1. The molecular formula is C20H32F2N2O. The third-order valence-electron chi connectivity index (χ3n) is 5.06. The molecule has 0 radical (unpaired) electrons. The van der Waals surface area contributed by atoms with Crippen molar-refractivity contribution in [3.63, 3.8) is 0 Å². The second kappa shape index (κ2) is 10.6. The average Bonchev–Trinajstić information content (AvgIpc) is 2.61. The van der Waals surface area contributed by atoms with E-state index in [1.54, 1.807) is 0 Å². The number of hydrogen-bond donors (Lipinski definition) is 1. The van der Waals surface area contributed by atoms with Crippen molar-refractivity contribution in [1.82, 2.24) is 4.90 Å². The van der Waals surface area contributed by atoms with Gasteiger partial charge in [0.15, 0.2) is 11.6 Å². The molecule has 0 spiro atoms. The number of phenolic OH excluding ortho intramolecular Hbond substituents is 1. The van der Waals surface area contributed by atoms with E-state index in [1.165, 1.54) is 51.4 Å². The van der Waals surface area contributed by atoms with Gasteiger partial charge in [0.1, 0.15) is 5.82 Å². The Morgan fingerprint density at radius 2 is 1.44 bits per heavy atom. The maximum absolute atomic E-state index is 13.9. The van der Waals surface area contributed by atoms with E-state index in [-0.39, 0.29) is 5.69 Å². The van der Waals surface area contributed by atoms with E-state index in [0.717, 1.165) is 31.8 Å². The molecule has 1 aliphatic heterocycles. The summed E-state index contributed by atoms with van der Waals surface area (Å²) in [5, 5.41) is 9.22. The van der Waals surface area contributed by atoms with Gasteiger partial charge in [0.2, 0.25) is 0 Å². The van der Waals surface area contributed by atoms with E-state index < -0.39 is 17.4 Å². The van der Waals surface area contributed by atoms with E-state index in [1.807, 2.05) is 4.90 Å². The van der Waals surface area contributed by atoms with Gasteiger partial charge in [0.05, 0.1) is 5.69 Å². The molecule has 1 aromatic carbocycles. The number of anilines is 1. The highest BCUT2D eigenvalue weighted by Crippen LogP contribution is 2.27. The predicted molar refractivity (Wildman–Crippen MR) is 99.3 cm³/mol. The van der Waals surface area contributed by atoms with Crippen LogP contribution in [0.1, 0.15) is 58.3 Å². The molecule has 5 heteroatoms. The van der Waals surface area contributed by atoms with Crippen LogP contribution in [0.4, 0.5) is 14.5 Å². The molecule has 0 aliphatic carbocycles. The fourth-order valence-corrected chi connectivity index (χ4v) is 3.45. The smallest absolute Gasteiger partial charge is 0.167 e. The maximum atomic E-state index is 13.9. The molecule has 1 N–H and O–H groups in total. The minimum absolute atomic E-state index is 0.252. The lowest BCUT2D eigenvalue weighted by Crippen LogP contribution is -2.46. The molecule has 1 fully saturated rings. The molecule has 2 rings (SSSR count). The van der Waals surface area contributed by atoms with Gasteiger partial charge in [0, 0.05) is 38.3 Å². The molecule has 1 heterocycles. The molecule has 0 amide bonds. The number of halogens is 2. The zero-order chi connectivity index (χ0) is 18.1. The van der Waals surface area contributed by atoms with Crippen molar-refractivity contribution >= 4 is 5.69 Å². The first-order valence-electron chi connectivity index (χ1n) is 9.77. The van der Waals surface area contributed by atoms with Crippen LogP contribution in [0, 0.1) is 11.6 Å². The topological polar surface area (TPSA) is 26.7 Å². The van der Waals surface area contributed by atoms with Gasteiger partial charge in [-0.25, -0.2) is 8.78 Å². The zero-order valence-corrected chi connectivity index (χ0v) is 15.4. The second-order valence-electron chi connectivity index (χ2n) is 7.06. The van der Waals surface area contributed by atoms with Crippen LogP contribution in [0.15, 0.2) is 12.1 Å². The average molecular weight is 354 g/mol. The summed E-state index contributed by atoms with van der Waals surface area (Å²) in [5.74, 6) is -1.96. The Labute approximate surface area is 150 Å². The largest absolute Gasteiger partial charge is 0.505 e. The summed E-state index contributed by atoms with van der Waals surface area (Å²) in [6.07, 6.45) is 10.6. The minimum atomic E-state index is -0.766. The van der Waals surface area contributed by atoms with E-state index in [9.17, 15) is 13.9 Å². The Balaban J connectivity index is 1.63. The van der Waals surface area contributed by atoms with E-state index >= 15 is 0 Å². The maximum Gasteiger partial charge on any atom is 0.167 e. The number of hydrogen-bond acceptors (Lipinski definition) is 3. The second-order valence-corrected chi connectivity index (χ2v) is 7.06. The van der Waals surface area contributed by atoms with Crippen LogP contribution in [0.3, 0.4) is 0 Å². The molecule has 0 unspecified atom stereocenters. The van der Waals surface area contributed by atoms with Crippen molar-refractivity contribution < 1.29 is 13.9 Å². The molecular weight excluding hydrogens is 322 g/mol. The monoisotopic (exact) mass is 354 g/mol. The van der Waals surface area contributed by atoms with Gasteiger partial charge < -0.3 is 10.0 Å². The number of benzene rings is 1. The molecule has 1 aliphatic rings. The lowest BCUT2D eigenvalue weighted by Gasteiger charge is -2.36. The van der Waals surface area contributed by atoms with Crippen molar-refractivity contribution in [3.05, 3.63) is 23.8 Å². The van der Waals surface area contributed by atoms with E-state index in [0.29, 0.717) is 13.1 Å². The number of rotatable bonds is 10. The molecule has 1 aromatic rings. The number of aromatic hydroxyl groups is 1. The highest BCUT2D eigenvalue weighted by molar-refractivity contribution is 5.51. The molecule has 25 heavy (non-hydrogen) atoms. The van der Waals surface area contributed by atoms with Crippen molar-refractivity contribution in [2.24, 2.45) is 0 Å². The number of unbranched alkanes of at least 4 members (excludes halogenated alkanes) is 7. The summed E-state index contributed by atoms with van der Waals surface area (Å²) < 4.78 is 27.4. The fourth-order valence-electron chi connectivity index (χ4n) is 3.45. The summed E-state index contributed by atoms with van der Waals surface area (Å²) in [4.78, 5) is 4.27. The van der Waals surface area contributed by atoms with Crippen molar-refractivity contribution in [1.29, 1.82) is 0 Å². The third-order valence-corrected chi connectivity index (χ3v) is 5.06. The third kappa shape index (κ3) is 6.46. The Morgan fingerprint density at radius 1 is 0.840 bits per heavy atom. The van der Waals surface area contributed by atoms with Gasteiger partial charge in [-0.05, 0) is 13.0 Å². The van der Waals surface area contributed by atoms with Crippen LogP contribution in [0.25, 0.3) is 0 Å². The molecule has 0 bridgehead atoms. The zero-order valence-electron chi connectivity index (χ0n) is 15.4. The molecule has 0 atom stereocenters. The van der Waals surface area contributed by atoms with Gasteiger partial charge in [-0.2, -0.15) is 0 Å². The van der Waals surface area contributed by atoms with Crippen LogP contribution in [0.5, 0.6) is 5.75 Å². The highest BCUT2D eigenvalue weighted by Gasteiger charge is 2.20. The Kier molecular flexibility index (Phi) is 8.45. The van der Waals surface area contributed by atoms with Crippen LogP contribution >= 0.6 is 0 Å². The summed E-state index contributed by atoms with van der Waals surface area (Å²) >= 11 is 0. The number of phenols is 1. The van der Waals surface area contributed by atoms with Gasteiger partial charge in [-0.1, -0.05) is 51.9 Å². The van der Waals surface area contributed by atoms with Gasteiger partial charge in [0.25, 0.3) is 0 Å². The number of nitrogens with zero attached hydrogens (tertiary/aromatic N) is 2. The Hall–Kier alpha value is -1.36. The molecule has 3 nitrogen and oxygen atoms in total. The normalized spacial score (nSPS) is 15.7. The van der Waals surface area contributed by atoms with Gasteiger partial charge >= 0.3 is 0 Å². The quantitative estimate of drug-likeness (QED) is 0.603. The highest BCUT2D eigenvalue weighted by atomic mass is 19.1. The molecule has 142 valence electrons. The van der Waals surface area contributed by atoms with Crippen LogP contribution < -0.4 is 4.90 Å². The molecule has 0 aromatic heterocycles. The Morgan fingerprint density at radius 3 is 2.08 bits per heavy atom. The van der Waals surface area contributed by atoms with E-state index in [2.05, 4.69) is 11.8 Å². The Bertz CT molecular complexity index is 517. The first-order chi connectivity index (χ1) is 12.1. The van der Waals surface area contributed by atoms with E-state index in [4.69, 9.17) is 0 Å². The summed E-state index contributed by atoms with van der Waals surface area (Å²) in [7, 11) is 0. The summed E-state index contributed by atoms with van der Waals surface area (Å²) in [6, 6.07) is 1.95. The van der Waals surface area contributed by atoms with Crippen LogP contribution in [0.2, 0.25) is 0 Å². The molecule has 1 saturated heterocycles. The van der Waals surface area contributed by atoms with Crippen LogP contribution in [-0.2, 0) is 0 Å². The fraction of sp³-hybridized carbons (Fsp3) is 0.700. The predicted octanol–water partition coefficient (Wildman–Crippen LogP) is 4.93. The first-order valence-corrected chi connectivity index (χ1v) is 9.77. The standard InChI is InChI=1S/C20H32F2N2O/c1-2-3-4-5-6-7-8-9-10-23-11-13-24(14-12-23)19-15-18(22)20(25)16-17(19)21/h15-16,25H,2-14H2,1H3. The molecule has 0 saturated carbocycles. The lowest BCUT2D eigenvalue weighted by atomic mass is 10.1. The lowest BCUT2D eigenvalue weighted by molar-refractivity contribution is 0.251. The SMILES string of the molecule is CCCCCCCCCCN1CCN(c2cc(F)c(O)cc2F)CC1. The first kappa shape index (κ1) is 20.0. The van der Waals surface area contributed by atoms with Crippen LogP contribution in [-0.4, -0.2) is 42.7 Å². The van der Waals surface area contributed by atoms with Crippen molar-refractivity contribution in [2.75, 3.05) is 37.6 Å². The summed E-state index contributed by atoms with van der Waals surface area (Å²) in [5.41, 5.74) is 0.252. The van der Waals surface area contributed by atoms with Gasteiger partial charge in [-0.15, -0.1) is 0 Å². The van der Waals surface area contributed by atoms with Crippen molar-refractivity contribution in [3.8, 4) is 5.75 Å². The van der Waals surface area contributed by atoms with Gasteiger partial charge in [-0.3, -0.25) is 4.90 Å². The van der Waals surface area contributed by atoms with Crippen molar-refractivity contribution in [2.45, 2.75) is 58.3 Å².